The Balaban J connectivity index is 1.12. The van der Waals surface area contributed by atoms with Crippen LogP contribution in [0.25, 0.3) is 11.4 Å². The number of aromatic nitrogens is 7. The van der Waals surface area contributed by atoms with Gasteiger partial charge in [-0.1, -0.05) is 18.8 Å². The molecule has 3 fully saturated rings. The minimum atomic E-state index is -3.49. The van der Waals surface area contributed by atoms with E-state index >= 15 is 0 Å². The number of anilines is 3. The standard InChI is InChI=1S/C32H37N9O5S/c1-32(22-42)7-10-39(11-8-32)28-14-30(34-16-24(28)3-2-23-15-35-40(18-23)20-26-21-45-12-13-46-26)37-29-6-9-33-31(38-29)25-17-36-41(19-25)47(43,44)27-4-5-27/h6,9,14-19,26-27,42H,4-5,7-8,10-13,20-22H2,1H3,(H,33,34,37,38). The van der Waals surface area contributed by atoms with Crippen molar-refractivity contribution in [3.63, 3.8) is 0 Å². The molecule has 0 amide bonds. The molecule has 15 heteroatoms. The molecule has 0 spiro atoms. The molecule has 4 aromatic rings. The van der Waals surface area contributed by atoms with Crippen molar-refractivity contribution >= 4 is 27.3 Å². The van der Waals surface area contributed by atoms with Crippen LogP contribution in [-0.4, -0.2) is 98.3 Å². The maximum Gasteiger partial charge on any atom is 0.256 e. The topological polar surface area (TPSA) is 162 Å². The van der Waals surface area contributed by atoms with Gasteiger partial charge in [0, 0.05) is 44.4 Å². The maximum atomic E-state index is 12.6. The molecule has 4 aromatic heterocycles. The first kappa shape index (κ1) is 31.3. The van der Waals surface area contributed by atoms with Gasteiger partial charge in [0.15, 0.2) is 5.82 Å². The summed E-state index contributed by atoms with van der Waals surface area (Å²) in [6.45, 7) is 6.15. The average molecular weight is 660 g/mol. The highest BCUT2D eigenvalue weighted by Crippen LogP contribution is 2.35. The van der Waals surface area contributed by atoms with Crippen molar-refractivity contribution in [1.82, 2.24) is 33.9 Å². The van der Waals surface area contributed by atoms with Crippen molar-refractivity contribution in [2.75, 3.05) is 49.7 Å². The highest BCUT2D eigenvalue weighted by molar-refractivity contribution is 7.90. The van der Waals surface area contributed by atoms with E-state index < -0.39 is 10.0 Å². The Morgan fingerprint density at radius 2 is 1.91 bits per heavy atom. The lowest BCUT2D eigenvalue weighted by Crippen LogP contribution is -2.40. The largest absolute Gasteiger partial charge is 0.396 e. The van der Waals surface area contributed by atoms with Crippen LogP contribution in [0.3, 0.4) is 0 Å². The Bertz CT molecular complexity index is 1900. The monoisotopic (exact) mass is 659 g/mol. The molecule has 1 unspecified atom stereocenters. The normalized spacial score (nSPS) is 19.6. The van der Waals surface area contributed by atoms with Crippen molar-refractivity contribution in [3.8, 4) is 23.2 Å². The van der Waals surface area contributed by atoms with Crippen molar-refractivity contribution in [2.45, 2.75) is 50.5 Å². The van der Waals surface area contributed by atoms with Crippen molar-refractivity contribution < 1.29 is 23.0 Å². The van der Waals surface area contributed by atoms with Gasteiger partial charge < -0.3 is 24.8 Å². The lowest BCUT2D eigenvalue weighted by molar-refractivity contribution is -0.0946. The summed E-state index contributed by atoms with van der Waals surface area (Å²) >= 11 is 0. The summed E-state index contributed by atoms with van der Waals surface area (Å²) in [6.07, 6.45) is 12.9. The molecule has 2 N–H and O–H groups in total. The number of aliphatic hydroxyl groups is 1. The van der Waals surface area contributed by atoms with Gasteiger partial charge in [-0.05, 0) is 37.2 Å². The highest BCUT2D eigenvalue weighted by atomic mass is 32.2. The molecule has 0 bridgehead atoms. The molecule has 14 nitrogen and oxygen atoms in total. The van der Waals surface area contributed by atoms with Crippen molar-refractivity contribution in [3.05, 3.63) is 60.4 Å². The molecule has 0 radical (unpaired) electrons. The van der Waals surface area contributed by atoms with Crippen LogP contribution in [0.1, 0.15) is 43.7 Å². The lowest BCUT2D eigenvalue weighted by Gasteiger charge is -2.39. The first-order valence-electron chi connectivity index (χ1n) is 15.8. The van der Waals surface area contributed by atoms with Gasteiger partial charge in [0.05, 0.1) is 72.6 Å². The zero-order valence-corrected chi connectivity index (χ0v) is 26.9. The molecule has 7 rings (SSSR count). The molecule has 6 heterocycles. The molecule has 1 saturated carbocycles. The predicted molar refractivity (Wildman–Crippen MR) is 174 cm³/mol. The number of hydrogen-bond donors (Lipinski definition) is 2. The van der Waals surface area contributed by atoms with E-state index in [1.54, 1.807) is 24.7 Å². The number of piperidine rings is 1. The highest BCUT2D eigenvalue weighted by Gasteiger charge is 2.37. The van der Waals surface area contributed by atoms with Crippen LogP contribution in [0.2, 0.25) is 0 Å². The van der Waals surface area contributed by atoms with Crippen LogP contribution in [-0.2, 0) is 26.0 Å². The van der Waals surface area contributed by atoms with E-state index in [-0.39, 0.29) is 23.4 Å². The molecule has 1 atom stereocenters. The first-order chi connectivity index (χ1) is 22.8. The third kappa shape index (κ3) is 7.15. The molecule has 3 aliphatic rings. The van der Waals surface area contributed by atoms with Gasteiger partial charge >= 0.3 is 0 Å². The Morgan fingerprint density at radius 3 is 2.68 bits per heavy atom. The van der Waals surface area contributed by atoms with Crippen LogP contribution in [0.4, 0.5) is 17.3 Å². The number of hydrogen-bond acceptors (Lipinski definition) is 12. The number of nitrogens with one attached hydrogen (secondary N) is 1. The second-order valence-corrected chi connectivity index (χ2v) is 14.6. The fourth-order valence-corrected chi connectivity index (χ4v) is 7.09. The van der Waals surface area contributed by atoms with Crippen LogP contribution >= 0.6 is 0 Å². The summed E-state index contributed by atoms with van der Waals surface area (Å²) in [5.41, 5.74) is 2.87. The average Bonchev–Trinajstić information content (AvgIpc) is 3.67. The van der Waals surface area contributed by atoms with Gasteiger partial charge in [0.1, 0.15) is 17.7 Å². The zero-order valence-electron chi connectivity index (χ0n) is 26.1. The maximum absolute atomic E-state index is 12.6. The summed E-state index contributed by atoms with van der Waals surface area (Å²) in [5.74, 6) is 7.95. The second kappa shape index (κ2) is 13.0. The van der Waals surface area contributed by atoms with Crippen LogP contribution < -0.4 is 10.2 Å². The summed E-state index contributed by atoms with van der Waals surface area (Å²) in [4.78, 5) is 15.9. The van der Waals surface area contributed by atoms with Crippen molar-refractivity contribution in [1.29, 1.82) is 0 Å². The SMILES string of the molecule is CC1(CO)CCN(c2cc(Nc3ccnc(-c4cnn(S(=O)(=O)C5CC5)c4)n3)ncc2C#Cc2cnn(CC3COCCO3)c2)CC1. The summed E-state index contributed by atoms with van der Waals surface area (Å²) < 4.78 is 39.3. The van der Waals surface area contributed by atoms with Gasteiger partial charge in [0.25, 0.3) is 10.0 Å². The van der Waals surface area contributed by atoms with Gasteiger partial charge in [-0.2, -0.15) is 14.3 Å². The predicted octanol–water partition coefficient (Wildman–Crippen LogP) is 2.43. The van der Waals surface area contributed by atoms with Crippen LogP contribution in [0, 0.1) is 17.3 Å². The minimum Gasteiger partial charge on any atom is -0.396 e. The van der Waals surface area contributed by atoms with Gasteiger partial charge in [-0.25, -0.2) is 23.4 Å². The van der Waals surface area contributed by atoms with E-state index in [2.05, 4.69) is 54.1 Å². The molecule has 246 valence electrons. The third-order valence-corrected chi connectivity index (χ3v) is 10.8. The molecule has 2 saturated heterocycles. The van der Waals surface area contributed by atoms with Crippen LogP contribution in [0.5, 0.6) is 0 Å². The van der Waals surface area contributed by atoms with E-state index in [1.807, 2.05) is 16.9 Å². The number of aliphatic hydroxyl groups excluding tert-OH is 1. The molecule has 2 aliphatic heterocycles. The summed E-state index contributed by atoms with van der Waals surface area (Å²) in [7, 11) is -3.49. The van der Waals surface area contributed by atoms with Crippen molar-refractivity contribution in [2.24, 2.45) is 5.41 Å². The minimum absolute atomic E-state index is 0.0313. The van der Waals surface area contributed by atoms with E-state index in [1.165, 1.54) is 12.4 Å². The molecule has 0 aromatic carbocycles. The molecule has 47 heavy (non-hydrogen) atoms. The molecular weight excluding hydrogens is 622 g/mol. The fraction of sp³-hybridized carbons (Fsp3) is 0.469. The zero-order chi connectivity index (χ0) is 32.4. The third-order valence-electron chi connectivity index (χ3n) is 8.76. The Morgan fingerprint density at radius 1 is 1.06 bits per heavy atom. The van der Waals surface area contributed by atoms with E-state index in [9.17, 15) is 13.5 Å². The number of pyridine rings is 1. The van der Waals surface area contributed by atoms with Gasteiger partial charge in [0.2, 0.25) is 0 Å². The second-order valence-electron chi connectivity index (χ2n) is 12.5. The lowest BCUT2D eigenvalue weighted by atomic mass is 9.81. The van der Waals surface area contributed by atoms with E-state index in [0.717, 1.165) is 46.8 Å². The molecular formula is C32H37N9O5S. The van der Waals surface area contributed by atoms with E-state index in [0.29, 0.717) is 62.2 Å². The number of nitrogens with zero attached hydrogens (tertiary/aromatic N) is 8. The number of rotatable bonds is 9. The van der Waals surface area contributed by atoms with E-state index in [4.69, 9.17) is 9.47 Å². The summed E-state index contributed by atoms with van der Waals surface area (Å²) in [6, 6.07) is 3.68. The van der Waals surface area contributed by atoms with Gasteiger partial charge in [-0.3, -0.25) is 4.68 Å². The molecule has 1 aliphatic carbocycles. The smallest absolute Gasteiger partial charge is 0.256 e. The van der Waals surface area contributed by atoms with Gasteiger partial charge in [-0.15, -0.1) is 0 Å². The summed E-state index contributed by atoms with van der Waals surface area (Å²) in [5, 5.41) is 21.3. The first-order valence-corrected chi connectivity index (χ1v) is 17.3. The quantitative estimate of drug-likeness (QED) is 0.253. The fourth-order valence-electron chi connectivity index (χ4n) is 5.61. The van der Waals surface area contributed by atoms with Crippen LogP contribution in [0.15, 0.2) is 49.3 Å². The Labute approximate surface area is 273 Å². The number of ether oxygens (including phenoxy) is 2. The Hall–Kier alpha value is -4.36. The Kier molecular flexibility index (Phi) is 8.67.